The van der Waals surface area contributed by atoms with Crippen molar-refractivity contribution >= 4 is 5.69 Å². The SMILES string of the molecule is CNCc1ccccc1N1CCCC(N(C)C)C1. The van der Waals surface area contributed by atoms with Gasteiger partial charge in [0.1, 0.15) is 0 Å². The van der Waals surface area contributed by atoms with Gasteiger partial charge in [0.25, 0.3) is 0 Å². The fraction of sp³-hybridized carbons (Fsp3) is 0.600. The molecule has 0 spiro atoms. The van der Waals surface area contributed by atoms with Crippen LogP contribution in [-0.2, 0) is 6.54 Å². The molecule has 1 aliphatic rings. The average Bonchev–Trinajstić information content (AvgIpc) is 2.40. The Hall–Kier alpha value is -1.06. The number of nitrogens with zero attached hydrogens (tertiary/aromatic N) is 2. The standard InChI is InChI=1S/C15H25N3/c1-16-11-13-7-4-5-9-15(13)18-10-6-8-14(12-18)17(2)3/h4-5,7,9,14,16H,6,8,10-12H2,1-3H3. The van der Waals surface area contributed by atoms with E-state index >= 15 is 0 Å². The predicted molar refractivity (Wildman–Crippen MR) is 78.1 cm³/mol. The zero-order chi connectivity index (χ0) is 13.0. The molecule has 3 nitrogen and oxygen atoms in total. The quantitative estimate of drug-likeness (QED) is 0.877. The van der Waals surface area contributed by atoms with Crippen LogP contribution in [0.3, 0.4) is 0 Å². The number of nitrogens with one attached hydrogen (secondary N) is 1. The van der Waals surface area contributed by atoms with Crippen molar-refractivity contribution < 1.29 is 0 Å². The van der Waals surface area contributed by atoms with E-state index in [0.29, 0.717) is 6.04 Å². The third-order valence-corrected chi connectivity index (χ3v) is 3.83. The first-order chi connectivity index (χ1) is 8.72. The molecule has 3 heteroatoms. The molecule has 0 saturated carbocycles. The summed E-state index contributed by atoms with van der Waals surface area (Å²) in [6.07, 6.45) is 2.61. The molecule has 2 rings (SSSR count). The first-order valence-electron chi connectivity index (χ1n) is 6.86. The second kappa shape index (κ2) is 6.21. The Morgan fingerprint density at radius 2 is 2.11 bits per heavy atom. The lowest BCUT2D eigenvalue weighted by Crippen LogP contribution is -2.45. The van der Waals surface area contributed by atoms with Crippen LogP contribution in [0.5, 0.6) is 0 Å². The first kappa shape index (κ1) is 13.4. The van der Waals surface area contributed by atoms with Crippen LogP contribution in [0.1, 0.15) is 18.4 Å². The van der Waals surface area contributed by atoms with Crippen molar-refractivity contribution in [2.45, 2.75) is 25.4 Å². The molecule has 0 amide bonds. The van der Waals surface area contributed by atoms with E-state index in [1.54, 1.807) is 0 Å². The highest BCUT2D eigenvalue weighted by atomic mass is 15.2. The van der Waals surface area contributed by atoms with E-state index in [1.165, 1.54) is 30.6 Å². The summed E-state index contributed by atoms with van der Waals surface area (Å²) in [5.74, 6) is 0. The van der Waals surface area contributed by atoms with E-state index in [2.05, 4.69) is 53.5 Å². The van der Waals surface area contributed by atoms with Gasteiger partial charge in [0, 0.05) is 31.4 Å². The highest BCUT2D eigenvalue weighted by Crippen LogP contribution is 2.25. The normalized spacial score (nSPS) is 20.4. The molecule has 1 aromatic carbocycles. The van der Waals surface area contributed by atoms with Crippen LogP contribution in [0.15, 0.2) is 24.3 Å². The van der Waals surface area contributed by atoms with Gasteiger partial charge >= 0.3 is 0 Å². The predicted octanol–water partition coefficient (Wildman–Crippen LogP) is 1.94. The van der Waals surface area contributed by atoms with Crippen molar-refractivity contribution in [2.75, 3.05) is 39.1 Å². The summed E-state index contributed by atoms with van der Waals surface area (Å²) in [5, 5.41) is 3.26. The molecule has 0 aliphatic carbocycles. The van der Waals surface area contributed by atoms with Crippen molar-refractivity contribution in [3.8, 4) is 0 Å². The van der Waals surface area contributed by atoms with Gasteiger partial charge in [-0.2, -0.15) is 0 Å². The van der Waals surface area contributed by atoms with Crippen LogP contribution in [-0.4, -0.2) is 45.2 Å². The molecular weight excluding hydrogens is 222 g/mol. The summed E-state index contributed by atoms with van der Waals surface area (Å²) in [7, 11) is 6.39. The second-order valence-electron chi connectivity index (χ2n) is 5.36. The molecule has 1 unspecified atom stereocenters. The molecule has 1 aliphatic heterocycles. The van der Waals surface area contributed by atoms with E-state index in [4.69, 9.17) is 0 Å². The minimum atomic E-state index is 0.682. The summed E-state index contributed by atoms with van der Waals surface area (Å²) in [6, 6.07) is 9.44. The topological polar surface area (TPSA) is 18.5 Å². The van der Waals surface area contributed by atoms with Crippen molar-refractivity contribution in [3.05, 3.63) is 29.8 Å². The summed E-state index contributed by atoms with van der Waals surface area (Å²) >= 11 is 0. The van der Waals surface area contributed by atoms with Gasteiger partial charge in [0.05, 0.1) is 0 Å². The maximum Gasteiger partial charge on any atom is 0.0412 e. The second-order valence-corrected chi connectivity index (χ2v) is 5.36. The molecule has 0 aromatic heterocycles. The lowest BCUT2D eigenvalue weighted by molar-refractivity contribution is 0.258. The number of rotatable bonds is 4. The molecule has 0 radical (unpaired) electrons. The molecule has 0 bridgehead atoms. The van der Waals surface area contributed by atoms with Gasteiger partial charge in [0.15, 0.2) is 0 Å². The molecule has 1 atom stereocenters. The van der Waals surface area contributed by atoms with Crippen LogP contribution in [0.25, 0.3) is 0 Å². The smallest absolute Gasteiger partial charge is 0.0412 e. The Morgan fingerprint density at radius 1 is 1.33 bits per heavy atom. The molecule has 1 N–H and O–H groups in total. The number of para-hydroxylation sites is 1. The molecule has 1 saturated heterocycles. The number of likely N-dealkylation sites (N-methyl/N-ethyl adjacent to an activating group) is 1. The summed E-state index contributed by atoms with van der Waals surface area (Å²) < 4.78 is 0. The highest BCUT2D eigenvalue weighted by molar-refractivity contribution is 5.54. The first-order valence-corrected chi connectivity index (χ1v) is 6.86. The number of piperidine rings is 1. The van der Waals surface area contributed by atoms with Gasteiger partial charge in [-0.15, -0.1) is 0 Å². The van der Waals surface area contributed by atoms with Crippen LogP contribution in [0.4, 0.5) is 5.69 Å². The zero-order valence-corrected chi connectivity index (χ0v) is 11.8. The number of hydrogen-bond donors (Lipinski definition) is 1. The molecular formula is C15H25N3. The number of benzene rings is 1. The van der Waals surface area contributed by atoms with Gasteiger partial charge in [-0.25, -0.2) is 0 Å². The van der Waals surface area contributed by atoms with Gasteiger partial charge < -0.3 is 15.1 Å². The Balaban J connectivity index is 2.15. The van der Waals surface area contributed by atoms with E-state index < -0.39 is 0 Å². The average molecular weight is 247 g/mol. The fourth-order valence-electron chi connectivity index (χ4n) is 2.75. The monoisotopic (exact) mass is 247 g/mol. The summed E-state index contributed by atoms with van der Waals surface area (Å²) in [5.41, 5.74) is 2.80. The largest absolute Gasteiger partial charge is 0.370 e. The van der Waals surface area contributed by atoms with Crippen LogP contribution >= 0.6 is 0 Å². The maximum absolute atomic E-state index is 3.26. The van der Waals surface area contributed by atoms with Crippen molar-refractivity contribution in [3.63, 3.8) is 0 Å². The van der Waals surface area contributed by atoms with Crippen LogP contribution < -0.4 is 10.2 Å². The fourth-order valence-corrected chi connectivity index (χ4v) is 2.75. The van der Waals surface area contributed by atoms with E-state index in [9.17, 15) is 0 Å². The van der Waals surface area contributed by atoms with Crippen molar-refractivity contribution in [1.82, 2.24) is 10.2 Å². The summed E-state index contributed by atoms with van der Waals surface area (Å²) in [6.45, 7) is 3.28. The maximum atomic E-state index is 3.26. The Bertz CT molecular complexity index is 376. The van der Waals surface area contributed by atoms with Gasteiger partial charge in [-0.05, 0) is 45.6 Å². The highest BCUT2D eigenvalue weighted by Gasteiger charge is 2.22. The molecule has 100 valence electrons. The minimum absolute atomic E-state index is 0.682. The Kier molecular flexibility index (Phi) is 4.61. The Labute approximate surface area is 111 Å². The van der Waals surface area contributed by atoms with Gasteiger partial charge in [-0.3, -0.25) is 0 Å². The van der Waals surface area contributed by atoms with Crippen LogP contribution in [0, 0.1) is 0 Å². The van der Waals surface area contributed by atoms with Gasteiger partial charge in [-0.1, -0.05) is 18.2 Å². The number of anilines is 1. The molecule has 18 heavy (non-hydrogen) atoms. The third kappa shape index (κ3) is 3.03. The van der Waals surface area contributed by atoms with E-state index in [-0.39, 0.29) is 0 Å². The molecule has 1 aromatic rings. The third-order valence-electron chi connectivity index (χ3n) is 3.83. The minimum Gasteiger partial charge on any atom is -0.370 e. The molecule has 1 heterocycles. The summed E-state index contributed by atoms with van der Waals surface area (Å²) in [4.78, 5) is 4.90. The molecule has 1 fully saturated rings. The lowest BCUT2D eigenvalue weighted by Gasteiger charge is -2.38. The van der Waals surface area contributed by atoms with E-state index in [0.717, 1.165) is 13.1 Å². The van der Waals surface area contributed by atoms with E-state index in [1.807, 2.05) is 7.05 Å². The van der Waals surface area contributed by atoms with Crippen LogP contribution in [0.2, 0.25) is 0 Å². The van der Waals surface area contributed by atoms with Crippen molar-refractivity contribution in [2.24, 2.45) is 0 Å². The Morgan fingerprint density at radius 3 is 2.83 bits per heavy atom. The number of hydrogen-bond acceptors (Lipinski definition) is 3. The zero-order valence-electron chi connectivity index (χ0n) is 11.8. The lowest BCUT2D eigenvalue weighted by atomic mass is 10.0. The van der Waals surface area contributed by atoms with Crippen molar-refractivity contribution in [1.29, 1.82) is 0 Å². The van der Waals surface area contributed by atoms with Gasteiger partial charge in [0.2, 0.25) is 0 Å².